The Morgan fingerprint density at radius 2 is 2.13 bits per heavy atom. The molecule has 1 aromatic rings. The van der Waals surface area contributed by atoms with Crippen molar-refractivity contribution in [2.45, 2.75) is 39.2 Å². The molecule has 4 heteroatoms. The molecule has 0 amide bonds. The highest BCUT2D eigenvalue weighted by Crippen LogP contribution is 2.19. The van der Waals surface area contributed by atoms with Crippen LogP contribution in [0.4, 0.5) is 5.82 Å². The van der Waals surface area contributed by atoms with Gasteiger partial charge in [-0.1, -0.05) is 20.3 Å². The normalized spacial score (nSPS) is 12.7. The molecular formula is C11H19N3O. The number of aryl methyl sites for hydroxylation is 1. The van der Waals surface area contributed by atoms with E-state index < -0.39 is 0 Å². The van der Waals surface area contributed by atoms with Gasteiger partial charge >= 0.3 is 0 Å². The molecule has 0 spiro atoms. The highest BCUT2D eigenvalue weighted by Gasteiger charge is 2.13. The summed E-state index contributed by atoms with van der Waals surface area (Å²) in [5, 5.41) is 0. The molecule has 0 fully saturated rings. The fourth-order valence-corrected chi connectivity index (χ4v) is 1.48. The van der Waals surface area contributed by atoms with Crippen molar-refractivity contribution in [2.75, 3.05) is 12.8 Å². The molecule has 0 aromatic carbocycles. The molecule has 0 saturated carbocycles. The zero-order valence-corrected chi connectivity index (χ0v) is 9.66. The van der Waals surface area contributed by atoms with Crippen molar-refractivity contribution < 1.29 is 4.74 Å². The molecule has 1 rings (SSSR count). The standard InChI is InChI=1S/C11H19N3O/c1-4-6-9(15-3)11-13-8(5-2)7-10(12)14-11/h7,9H,4-6H2,1-3H3,(H2,12,13,14). The van der Waals surface area contributed by atoms with Gasteiger partial charge in [0.2, 0.25) is 0 Å². The Kier molecular flexibility index (Phi) is 4.49. The molecule has 0 saturated heterocycles. The lowest BCUT2D eigenvalue weighted by Crippen LogP contribution is -2.10. The fourth-order valence-electron chi connectivity index (χ4n) is 1.48. The zero-order valence-electron chi connectivity index (χ0n) is 9.66. The van der Waals surface area contributed by atoms with Crippen molar-refractivity contribution >= 4 is 5.82 Å². The van der Waals surface area contributed by atoms with E-state index in [1.807, 2.05) is 13.0 Å². The van der Waals surface area contributed by atoms with E-state index in [1.54, 1.807) is 7.11 Å². The summed E-state index contributed by atoms with van der Waals surface area (Å²) in [6.45, 7) is 4.16. The van der Waals surface area contributed by atoms with E-state index in [0.29, 0.717) is 11.6 Å². The molecule has 0 aliphatic heterocycles. The third kappa shape index (κ3) is 3.16. The van der Waals surface area contributed by atoms with Gasteiger partial charge in [0.25, 0.3) is 0 Å². The van der Waals surface area contributed by atoms with Crippen LogP contribution in [-0.4, -0.2) is 17.1 Å². The SMILES string of the molecule is CCCC(OC)c1nc(N)cc(CC)n1. The molecule has 0 aliphatic rings. The van der Waals surface area contributed by atoms with Crippen molar-refractivity contribution in [1.82, 2.24) is 9.97 Å². The van der Waals surface area contributed by atoms with Crippen LogP contribution >= 0.6 is 0 Å². The first-order chi connectivity index (χ1) is 7.21. The first kappa shape index (κ1) is 11.9. The lowest BCUT2D eigenvalue weighted by molar-refractivity contribution is 0.0875. The van der Waals surface area contributed by atoms with E-state index >= 15 is 0 Å². The number of aromatic nitrogens is 2. The van der Waals surface area contributed by atoms with E-state index in [1.165, 1.54) is 0 Å². The second-order valence-electron chi connectivity index (χ2n) is 3.51. The number of nitrogen functional groups attached to an aromatic ring is 1. The Balaban J connectivity index is 2.95. The van der Waals surface area contributed by atoms with Crippen LogP contribution in [0.5, 0.6) is 0 Å². The van der Waals surface area contributed by atoms with Crippen molar-refractivity contribution in [2.24, 2.45) is 0 Å². The van der Waals surface area contributed by atoms with Gasteiger partial charge in [0.15, 0.2) is 5.82 Å². The van der Waals surface area contributed by atoms with Crippen molar-refractivity contribution in [1.29, 1.82) is 0 Å². The topological polar surface area (TPSA) is 61.0 Å². The number of hydrogen-bond acceptors (Lipinski definition) is 4. The van der Waals surface area contributed by atoms with E-state index in [-0.39, 0.29) is 6.10 Å². The average molecular weight is 209 g/mol. The van der Waals surface area contributed by atoms with Gasteiger partial charge in [-0.2, -0.15) is 0 Å². The van der Waals surface area contributed by atoms with E-state index in [4.69, 9.17) is 10.5 Å². The molecule has 0 aliphatic carbocycles. The maximum atomic E-state index is 5.72. The number of methoxy groups -OCH3 is 1. The molecule has 1 aromatic heterocycles. The lowest BCUT2D eigenvalue weighted by Gasteiger charge is -2.13. The van der Waals surface area contributed by atoms with Crippen molar-refractivity contribution in [3.63, 3.8) is 0 Å². The Hall–Kier alpha value is -1.16. The minimum atomic E-state index is -0.0381. The minimum absolute atomic E-state index is 0.0381. The summed E-state index contributed by atoms with van der Waals surface area (Å²) in [5.41, 5.74) is 6.69. The van der Waals surface area contributed by atoms with Crippen LogP contribution in [0.25, 0.3) is 0 Å². The first-order valence-electron chi connectivity index (χ1n) is 5.37. The highest BCUT2D eigenvalue weighted by molar-refractivity contribution is 5.30. The Bertz CT molecular complexity index is 315. The van der Waals surface area contributed by atoms with Crippen LogP contribution in [0.3, 0.4) is 0 Å². The zero-order chi connectivity index (χ0) is 11.3. The molecule has 0 bridgehead atoms. The molecule has 1 heterocycles. The van der Waals surface area contributed by atoms with Crippen LogP contribution in [0.2, 0.25) is 0 Å². The molecular weight excluding hydrogens is 190 g/mol. The number of nitrogens with zero attached hydrogens (tertiary/aromatic N) is 2. The van der Waals surface area contributed by atoms with Crippen molar-refractivity contribution in [3.05, 3.63) is 17.6 Å². The molecule has 0 radical (unpaired) electrons. The predicted molar refractivity (Wildman–Crippen MR) is 60.5 cm³/mol. The summed E-state index contributed by atoms with van der Waals surface area (Å²) >= 11 is 0. The van der Waals surface area contributed by atoms with Crippen LogP contribution in [0, 0.1) is 0 Å². The molecule has 1 atom stereocenters. The van der Waals surface area contributed by atoms with E-state index in [9.17, 15) is 0 Å². The van der Waals surface area contributed by atoms with Crippen LogP contribution < -0.4 is 5.73 Å². The summed E-state index contributed by atoms with van der Waals surface area (Å²) in [5.74, 6) is 1.23. The summed E-state index contributed by atoms with van der Waals surface area (Å²) < 4.78 is 5.35. The second-order valence-corrected chi connectivity index (χ2v) is 3.51. The van der Waals surface area contributed by atoms with Gasteiger partial charge in [0.05, 0.1) is 0 Å². The van der Waals surface area contributed by atoms with Gasteiger partial charge < -0.3 is 10.5 Å². The quantitative estimate of drug-likeness (QED) is 0.806. The van der Waals surface area contributed by atoms with Gasteiger partial charge in [0.1, 0.15) is 11.9 Å². The van der Waals surface area contributed by atoms with Gasteiger partial charge in [-0.25, -0.2) is 9.97 Å². The largest absolute Gasteiger partial charge is 0.384 e. The molecule has 2 N–H and O–H groups in total. The average Bonchev–Trinajstić information content (AvgIpc) is 2.24. The number of anilines is 1. The number of rotatable bonds is 5. The predicted octanol–water partition coefficient (Wildman–Crippen LogP) is 2.11. The Morgan fingerprint density at radius 3 is 2.67 bits per heavy atom. The molecule has 1 unspecified atom stereocenters. The summed E-state index contributed by atoms with van der Waals surface area (Å²) in [6, 6.07) is 1.81. The molecule has 4 nitrogen and oxygen atoms in total. The van der Waals surface area contributed by atoms with Crippen LogP contribution in [-0.2, 0) is 11.2 Å². The summed E-state index contributed by atoms with van der Waals surface area (Å²) in [6.07, 6.45) is 2.78. The summed E-state index contributed by atoms with van der Waals surface area (Å²) in [7, 11) is 1.68. The van der Waals surface area contributed by atoms with E-state index in [2.05, 4.69) is 16.9 Å². The van der Waals surface area contributed by atoms with Gasteiger partial charge in [0, 0.05) is 18.9 Å². The van der Waals surface area contributed by atoms with Crippen LogP contribution in [0.15, 0.2) is 6.07 Å². The second kappa shape index (κ2) is 5.66. The Labute approximate surface area is 90.9 Å². The first-order valence-corrected chi connectivity index (χ1v) is 5.37. The number of hydrogen-bond donors (Lipinski definition) is 1. The minimum Gasteiger partial charge on any atom is -0.384 e. The van der Waals surface area contributed by atoms with Gasteiger partial charge in [-0.15, -0.1) is 0 Å². The number of ether oxygens (including phenoxy) is 1. The third-order valence-electron chi connectivity index (χ3n) is 2.30. The molecule has 84 valence electrons. The highest BCUT2D eigenvalue weighted by atomic mass is 16.5. The fraction of sp³-hybridized carbons (Fsp3) is 0.636. The van der Waals surface area contributed by atoms with Crippen molar-refractivity contribution in [3.8, 4) is 0 Å². The van der Waals surface area contributed by atoms with Gasteiger partial charge in [-0.3, -0.25) is 0 Å². The maximum Gasteiger partial charge on any atom is 0.159 e. The number of nitrogens with two attached hydrogens (primary N) is 1. The smallest absolute Gasteiger partial charge is 0.159 e. The van der Waals surface area contributed by atoms with Gasteiger partial charge in [-0.05, 0) is 12.8 Å². The monoisotopic (exact) mass is 209 g/mol. The molecule has 15 heavy (non-hydrogen) atoms. The summed E-state index contributed by atoms with van der Waals surface area (Å²) in [4.78, 5) is 8.64. The Morgan fingerprint density at radius 1 is 1.40 bits per heavy atom. The van der Waals surface area contributed by atoms with Crippen LogP contribution in [0.1, 0.15) is 44.3 Å². The maximum absolute atomic E-state index is 5.72. The lowest BCUT2D eigenvalue weighted by atomic mass is 10.2. The van der Waals surface area contributed by atoms with E-state index in [0.717, 1.165) is 25.0 Å². The third-order valence-corrected chi connectivity index (χ3v) is 2.30.